The zero-order valence-electron chi connectivity index (χ0n) is 17.7. The van der Waals surface area contributed by atoms with Crippen LogP contribution >= 0.6 is 11.8 Å². The second kappa shape index (κ2) is 12.9. The van der Waals surface area contributed by atoms with Crippen LogP contribution in [0.25, 0.3) is 11.3 Å². The fraction of sp³-hybridized carbons (Fsp3) is 0.231. The van der Waals surface area contributed by atoms with Gasteiger partial charge in [-0.15, -0.1) is 11.8 Å². The van der Waals surface area contributed by atoms with E-state index in [0.717, 1.165) is 41.9 Å². The van der Waals surface area contributed by atoms with E-state index in [-0.39, 0.29) is 17.1 Å². The molecule has 31 heavy (non-hydrogen) atoms. The van der Waals surface area contributed by atoms with Crippen molar-refractivity contribution < 1.29 is 17.1 Å². The van der Waals surface area contributed by atoms with Gasteiger partial charge in [-0.1, -0.05) is 12.1 Å². The molecule has 2 aromatic rings. The van der Waals surface area contributed by atoms with Crippen LogP contribution in [-0.4, -0.2) is 29.3 Å². The SMILES string of the molecule is CSc1ccc(-c2cc([C]3[CH][CH][CH][CH]3)nc(N3CCCCC3)n2)cc1.[CH]1[CH][CH][CH][CH]1.[Fe+2]. The first-order valence-electron chi connectivity index (χ1n) is 10.5. The van der Waals surface area contributed by atoms with Gasteiger partial charge in [0.1, 0.15) is 0 Å². The zero-order chi connectivity index (χ0) is 20.6. The van der Waals surface area contributed by atoms with Crippen molar-refractivity contribution >= 4 is 17.7 Å². The summed E-state index contributed by atoms with van der Waals surface area (Å²) in [6, 6.07) is 10.7. The Morgan fingerprint density at radius 1 is 0.742 bits per heavy atom. The van der Waals surface area contributed by atoms with E-state index in [0.29, 0.717) is 0 Å². The van der Waals surface area contributed by atoms with Gasteiger partial charge < -0.3 is 4.90 Å². The molecule has 2 heterocycles. The van der Waals surface area contributed by atoms with Gasteiger partial charge in [-0.2, -0.15) is 0 Å². The number of nitrogens with zero attached hydrogens (tertiary/aromatic N) is 3. The Balaban J connectivity index is 0.000000401. The molecular weight excluding hydrogens is 442 g/mol. The van der Waals surface area contributed by atoms with E-state index in [4.69, 9.17) is 9.97 Å². The average Bonchev–Trinajstić information content (AvgIpc) is 3.57. The molecule has 1 saturated heterocycles. The maximum Gasteiger partial charge on any atom is 2.00 e. The van der Waals surface area contributed by atoms with Gasteiger partial charge in [-0.3, -0.25) is 0 Å². The van der Waals surface area contributed by atoms with E-state index in [1.807, 2.05) is 32.1 Å². The van der Waals surface area contributed by atoms with Crippen LogP contribution in [0, 0.1) is 63.7 Å². The number of benzene rings is 1. The second-order valence-corrected chi connectivity index (χ2v) is 8.23. The quantitative estimate of drug-likeness (QED) is 0.429. The smallest absolute Gasteiger partial charge is 0.341 e. The number of hydrogen-bond donors (Lipinski definition) is 0. The van der Waals surface area contributed by atoms with Crippen molar-refractivity contribution in [3.63, 3.8) is 0 Å². The van der Waals surface area contributed by atoms with Gasteiger partial charge in [0.25, 0.3) is 0 Å². The molecule has 0 amide bonds. The van der Waals surface area contributed by atoms with Crippen molar-refractivity contribution in [2.75, 3.05) is 24.2 Å². The predicted octanol–water partition coefficient (Wildman–Crippen LogP) is 5.63. The molecule has 1 aromatic heterocycles. The first kappa shape index (κ1) is 24.6. The summed E-state index contributed by atoms with van der Waals surface area (Å²) in [6.07, 6.45) is 24.2. The van der Waals surface area contributed by atoms with Crippen LogP contribution in [0.1, 0.15) is 25.0 Å². The summed E-state index contributed by atoms with van der Waals surface area (Å²) in [5.74, 6) is 2.02. The van der Waals surface area contributed by atoms with E-state index in [1.165, 1.54) is 24.2 Å². The first-order chi connectivity index (χ1) is 14.8. The maximum absolute atomic E-state index is 4.90. The third-order valence-electron chi connectivity index (χ3n) is 5.25. The van der Waals surface area contributed by atoms with Gasteiger partial charge in [-0.25, -0.2) is 9.97 Å². The zero-order valence-corrected chi connectivity index (χ0v) is 19.6. The molecule has 5 heteroatoms. The number of aromatic nitrogens is 2. The van der Waals surface area contributed by atoms with E-state index in [2.05, 4.69) is 67.2 Å². The fourth-order valence-electron chi connectivity index (χ4n) is 3.59. The van der Waals surface area contributed by atoms with Crippen LogP contribution in [0.4, 0.5) is 5.95 Å². The molecule has 2 saturated carbocycles. The summed E-state index contributed by atoms with van der Waals surface area (Å²) in [6.45, 7) is 2.10. The topological polar surface area (TPSA) is 29.0 Å². The predicted molar refractivity (Wildman–Crippen MR) is 126 cm³/mol. The van der Waals surface area contributed by atoms with E-state index in [9.17, 15) is 0 Å². The molecule has 3 nitrogen and oxygen atoms in total. The van der Waals surface area contributed by atoms with Crippen molar-refractivity contribution in [1.82, 2.24) is 9.97 Å². The Hall–Kier alpha value is -1.03. The van der Waals surface area contributed by atoms with Crippen LogP contribution in [0.5, 0.6) is 0 Å². The Morgan fingerprint density at radius 2 is 1.32 bits per heavy atom. The molecule has 3 fully saturated rings. The normalized spacial score (nSPS) is 18.9. The Labute approximate surface area is 203 Å². The first-order valence-corrected chi connectivity index (χ1v) is 11.7. The Bertz CT molecular complexity index is 772. The van der Waals surface area contributed by atoms with Crippen LogP contribution < -0.4 is 4.90 Å². The molecule has 0 bridgehead atoms. The third kappa shape index (κ3) is 6.97. The van der Waals surface area contributed by atoms with Crippen molar-refractivity contribution in [2.24, 2.45) is 0 Å². The van der Waals surface area contributed by atoms with Crippen LogP contribution in [0.3, 0.4) is 0 Å². The van der Waals surface area contributed by atoms with Crippen LogP contribution in [-0.2, 0) is 17.1 Å². The molecule has 0 N–H and O–H groups in total. The molecule has 0 unspecified atom stereocenters. The molecule has 2 aliphatic carbocycles. The maximum atomic E-state index is 4.90. The summed E-state index contributed by atoms with van der Waals surface area (Å²) in [5, 5.41) is 0. The minimum atomic E-state index is 0. The Kier molecular flexibility index (Phi) is 10.2. The summed E-state index contributed by atoms with van der Waals surface area (Å²) in [7, 11) is 0. The molecule has 3 aliphatic rings. The molecule has 158 valence electrons. The second-order valence-electron chi connectivity index (χ2n) is 7.35. The number of anilines is 1. The summed E-state index contributed by atoms with van der Waals surface area (Å²) < 4.78 is 0. The minimum Gasteiger partial charge on any atom is -0.341 e. The summed E-state index contributed by atoms with van der Waals surface area (Å²) >= 11 is 1.76. The number of hydrogen-bond acceptors (Lipinski definition) is 4. The van der Waals surface area contributed by atoms with Crippen molar-refractivity contribution in [3.05, 3.63) is 99.7 Å². The van der Waals surface area contributed by atoms with Crippen molar-refractivity contribution in [2.45, 2.75) is 24.2 Å². The standard InChI is InChI=1S/C21H22N3S.C5H5.Fe/c1-25-18-11-9-17(10-12-18)20-15-19(16-7-3-4-8-16)22-21(23-20)24-13-5-2-6-14-24;1-2-4-5-3-1;/h3-4,7-12,15H,2,5-6,13-14H2,1H3;1-5H;/q;;+2. The summed E-state index contributed by atoms with van der Waals surface area (Å²) in [5.41, 5.74) is 3.15. The molecule has 10 radical (unpaired) electrons. The molecule has 1 aliphatic heterocycles. The average molecular weight is 469 g/mol. The van der Waals surface area contributed by atoms with Gasteiger partial charge in [0.05, 0.1) is 11.4 Å². The molecule has 0 spiro atoms. The van der Waals surface area contributed by atoms with E-state index in [1.54, 1.807) is 11.8 Å². The van der Waals surface area contributed by atoms with Crippen LogP contribution in [0.15, 0.2) is 35.2 Å². The van der Waals surface area contributed by atoms with E-state index < -0.39 is 0 Å². The molecule has 5 rings (SSSR count). The number of piperidine rings is 1. The van der Waals surface area contributed by atoms with Crippen molar-refractivity contribution in [1.29, 1.82) is 0 Å². The van der Waals surface area contributed by atoms with Gasteiger partial charge in [0.15, 0.2) is 0 Å². The monoisotopic (exact) mass is 469 g/mol. The fourth-order valence-corrected chi connectivity index (χ4v) is 4.00. The third-order valence-corrected chi connectivity index (χ3v) is 6.00. The van der Waals surface area contributed by atoms with Gasteiger partial charge in [0, 0.05) is 29.5 Å². The van der Waals surface area contributed by atoms with Crippen molar-refractivity contribution in [3.8, 4) is 11.3 Å². The molecule has 0 atom stereocenters. The summed E-state index contributed by atoms with van der Waals surface area (Å²) in [4.78, 5) is 13.4. The van der Waals surface area contributed by atoms with E-state index >= 15 is 0 Å². The van der Waals surface area contributed by atoms with Gasteiger partial charge in [0.2, 0.25) is 5.95 Å². The molecular formula is C26H27FeN3S+2. The number of rotatable bonds is 4. The molecule has 1 aromatic carbocycles. The minimum absolute atomic E-state index is 0. The largest absolute Gasteiger partial charge is 2.00 e. The Morgan fingerprint density at radius 3 is 1.90 bits per heavy atom. The van der Waals surface area contributed by atoms with Crippen LogP contribution in [0.2, 0.25) is 0 Å². The van der Waals surface area contributed by atoms with Gasteiger partial charge >= 0.3 is 17.1 Å². The van der Waals surface area contributed by atoms with Gasteiger partial charge in [-0.05, 0) is 102 Å². The number of thioether (sulfide) groups is 1.